The molecule has 0 saturated heterocycles. The molecule has 108 valence electrons. The van der Waals surface area contributed by atoms with Crippen LogP contribution in [0.3, 0.4) is 0 Å². The number of ether oxygens (including phenoxy) is 2. The Morgan fingerprint density at radius 1 is 1.10 bits per heavy atom. The van der Waals surface area contributed by atoms with Gasteiger partial charge >= 0.3 is 0 Å². The van der Waals surface area contributed by atoms with Crippen molar-refractivity contribution in [1.29, 1.82) is 0 Å². The fourth-order valence-electron chi connectivity index (χ4n) is 2.26. The van der Waals surface area contributed by atoms with Crippen molar-refractivity contribution in [2.45, 2.75) is 0 Å². The topological polar surface area (TPSA) is 39.2 Å². The van der Waals surface area contributed by atoms with Crippen LogP contribution < -0.4 is 9.47 Å². The van der Waals surface area contributed by atoms with Gasteiger partial charge < -0.3 is 14.5 Å². The van der Waals surface area contributed by atoms with E-state index in [2.05, 4.69) is 4.98 Å². The molecule has 2 aromatic carbocycles. The third-order valence-electron chi connectivity index (χ3n) is 3.28. The van der Waals surface area contributed by atoms with Crippen LogP contribution in [0.25, 0.3) is 16.7 Å². The van der Waals surface area contributed by atoms with Crippen molar-refractivity contribution >= 4 is 23.3 Å². The molecule has 0 saturated carbocycles. The van der Waals surface area contributed by atoms with Gasteiger partial charge in [0.05, 0.1) is 30.9 Å². The first-order valence-corrected chi connectivity index (χ1v) is 6.67. The Kier molecular flexibility index (Phi) is 3.39. The van der Waals surface area contributed by atoms with Crippen molar-refractivity contribution in [2.75, 3.05) is 14.2 Å². The number of aromatic nitrogens is 2. The molecule has 0 radical (unpaired) electrons. The summed E-state index contributed by atoms with van der Waals surface area (Å²) in [5, 5.41) is 0. The summed E-state index contributed by atoms with van der Waals surface area (Å²) in [6, 6.07) is 10.3. The van der Waals surface area contributed by atoms with Crippen LogP contribution in [0, 0.1) is 10.6 Å². The summed E-state index contributed by atoms with van der Waals surface area (Å²) < 4.78 is 26.3. The van der Waals surface area contributed by atoms with Gasteiger partial charge in [-0.15, -0.1) is 0 Å². The van der Waals surface area contributed by atoms with Gasteiger partial charge in [-0.25, -0.2) is 4.39 Å². The Morgan fingerprint density at radius 3 is 2.57 bits per heavy atom. The second kappa shape index (κ2) is 5.21. The largest absolute Gasteiger partial charge is 0.497 e. The first-order valence-electron chi connectivity index (χ1n) is 6.26. The van der Waals surface area contributed by atoms with Crippen LogP contribution in [-0.4, -0.2) is 23.8 Å². The maximum Gasteiger partial charge on any atom is 0.182 e. The molecule has 0 atom stereocenters. The molecule has 1 N–H and O–H groups in total. The average molecular weight is 304 g/mol. The summed E-state index contributed by atoms with van der Waals surface area (Å²) in [6.45, 7) is 0. The van der Waals surface area contributed by atoms with Crippen LogP contribution in [0.1, 0.15) is 0 Å². The van der Waals surface area contributed by atoms with Crippen LogP contribution in [0.2, 0.25) is 0 Å². The smallest absolute Gasteiger partial charge is 0.182 e. The van der Waals surface area contributed by atoms with E-state index in [4.69, 9.17) is 21.7 Å². The van der Waals surface area contributed by atoms with Gasteiger partial charge in [0.1, 0.15) is 5.75 Å². The Morgan fingerprint density at radius 2 is 1.90 bits per heavy atom. The molecule has 0 spiro atoms. The second-order valence-corrected chi connectivity index (χ2v) is 4.85. The lowest BCUT2D eigenvalue weighted by atomic mass is 10.2. The summed E-state index contributed by atoms with van der Waals surface area (Å²) in [7, 11) is 3.03. The first kappa shape index (κ1) is 13.6. The Bertz CT molecular complexity index is 870. The Balaban J connectivity index is 2.26. The van der Waals surface area contributed by atoms with Gasteiger partial charge in [0.15, 0.2) is 16.3 Å². The minimum atomic E-state index is -0.436. The molecule has 0 aliphatic heterocycles. The highest BCUT2D eigenvalue weighted by atomic mass is 32.1. The van der Waals surface area contributed by atoms with E-state index in [1.807, 2.05) is 18.2 Å². The minimum absolute atomic E-state index is 0.197. The van der Waals surface area contributed by atoms with Gasteiger partial charge in [-0.1, -0.05) is 0 Å². The summed E-state index contributed by atoms with van der Waals surface area (Å²) >= 11 is 5.33. The van der Waals surface area contributed by atoms with Crippen LogP contribution >= 0.6 is 12.2 Å². The number of rotatable bonds is 3. The van der Waals surface area contributed by atoms with E-state index in [-0.39, 0.29) is 5.75 Å². The highest BCUT2D eigenvalue weighted by Gasteiger charge is 2.10. The average Bonchev–Trinajstić information content (AvgIpc) is 2.81. The third-order valence-corrected chi connectivity index (χ3v) is 3.57. The summed E-state index contributed by atoms with van der Waals surface area (Å²) in [4.78, 5) is 3.09. The number of halogens is 1. The van der Waals surface area contributed by atoms with Crippen molar-refractivity contribution in [3.8, 4) is 17.2 Å². The Hall–Kier alpha value is -2.34. The zero-order valence-corrected chi connectivity index (χ0v) is 12.3. The molecular formula is C15H13FN2O2S. The molecule has 0 aliphatic carbocycles. The minimum Gasteiger partial charge on any atom is -0.497 e. The van der Waals surface area contributed by atoms with Gasteiger partial charge in [0.25, 0.3) is 0 Å². The van der Waals surface area contributed by atoms with Crippen molar-refractivity contribution in [2.24, 2.45) is 0 Å². The molecule has 1 aromatic heterocycles. The predicted molar refractivity (Wildman–Crippen MR) is 81.5 cm³/mol. The lowest BCUT2D eigenvalue weighted by molar-refractivity contribution is 0.386. The molecular weight excluding hydrogens is 291 g/mol. The molecule has 0 fully saturated rings. The number of hydrogen-bond acceptors (Lipinski definition) is 3. The molecule has 0 amide bonds. The highest BCUT2D eigenvalue weighted by Crippen LogP contribution is 2.26. The molecule has 1 heterocycles. The monoisotopic (exact) mass is 304 g/mol. The second-order valence-electron chi connectivity index (χ2n) is 4.47. The van der Waals surface area contributed by atoms with Crippen LogP contribution in [0.4, 0.5) is 4.39 Å². The molecule has 3 aromatic rings. The third kappa shape index (κ3) is 2.27. The van der Waals surface area contributed by atoms with Crippen molar-refractivity contribution in [1.82, 2.24) is 9.55 Å². The van der Waals surface area contributed by atoms with E-state index in [0.29, 0.717) is 16.2 Å². The number of methoxy groups -OCH3 is 2. The van der Waals surface area contributed by atoms with Crippen LogP contribution in [-0.2, 0) is 0 Å². The maximum absolute atomic E-state index is 13.9. The number of hydrogen-bond donors (Lipinski definition) is 1. The molecule has 21 heavy (non-hydrogen) atoms. The fourth-order valence-corrected chi connectivity index (χ4v) is 2.57. The first-order chi connectivity index (χ1) is 10.1. The SMILES string of the molecule is COc1ccc2[nH]c(=S)n(-c3ccc(OC)c(F)c3)c2c1. The van der Waals surface area contributed by atoms with Gasteiger partial charge in [0, 0.05) is 12.1 Å². The van der Waals surface area contributed by atoms with Gasteiger partial charge in [0.2, 0.25) is 0 Å². The normalized spacial score (nSPS) is 10.8. The summed E-state index contributed by atoms with van der Waals surface area (Å²) in [6.07, 6.45) is 0. The molecule has 6 heteroatoms. The number of benzene rings is 2. The number of nitrogens with zero attached hydrogens (tertiary/aromatic N) is 1. The van der Waals surface area contributed by atoms with Crippen molar-refractivity contribution < 1.29 is 13.9 Å². The number of H-pyrrole nitrogens is 1. The zero-order valence-electron chi connectivity index (χ0n) is 11.5. The molecule has 0 aliphatic rings. The number of imidazole rings is 1. The molecule has 0 unspecified atom stereocenters. The van der Waals surface area contributed by atoms with E-state index in [9.17, 15) is 4.39 Å². The van der Waals surface area contributed by atoms with E-state index in [1.165, 1.54) is 13.2 Å². The van der Waals surface area contributed by atoms with E-state index >= 15 is 0 Å². The van der Waals surface area contributed by atoms with Gasteiger partial charge in [-0.3, -0.25) is 4.57 Å². The standard InChI is InChI=1S/C15H13FN2O2S/c1-19-10-4-5-12-13(8-10)18(15(21)17-12)9-3-6-14(20-2)11(16)7-9/h3-8H,1-2H3,(H,17,21). The number of aromatic amines is 1. The van der Waals surface area contributed by atoms with Gasteiger partial charge in [-0.05, 0) is 36.5 Å². The molecule has 4 nitrogen and oxygen atoms in total. The summed E-state index contributed by atoms with van der Waals surface area (Å²) in [5.74, 6) is 0.469. The molecule has 3 rings (SSSR count). The van der Waals surface area contributed by atoms with E-state index in [0.717, 1.165) is 11.0 Å². The lowest BCUT2D eigenvalue weighted by Gasteiger charge is -2.08. The van der Waals surface area contributed by atoms with Crippen molar-refractivity contribution in [3.05, 3.63) is 47.0 Å². The predicted octanol–water partition coefficient (Wildman–Crippen LogP) is 3.84. The van der Waals surface area contributed by atoms with E-state index < -0.39 is 5.82 Å². The highest BCUT2D eigenvalue weighted by molar-refractivity contribution is 7.71. The number of nitrogens with one attached hydrogen (secondary N) is 1. The number of fused-ring (bicyclic) bond motifs is 1. The Labute approximate surface area is 125 Å². The zero-order chi connectivity index (χ0) is 15.0. The van der Waals surface area contributed by atoms with Crippen LogP contribution in [0.15, 0.2) is 36.4 Å². The van der Waals surface area contributed by atoms with Crippen molar-refractivity contribution in [3.63, 3.8) is 0 Å². The summed E-state index contributed by atoms with van der Waals surface area (Å²) in [5.41, 5.74) is 2.30. The fraction of sp³-hybridized carbons (Fsp3) is 0.133. The van der Waals surface area contributed by atoms with Gasteiger partial charge in [-0.2, -0.15) is 0 Å². The lowest BCUT2D eigenvalue weighted by Crippen LogP contribution is -1.97. The molecule has 0 bridgehead atoms. The quantitative estimate of drug-likeness (QED) is 0.747. The van der Waals surface area contributed by atoms with E-state index in [1.54, 1.807) is 23.8 Å². The maximum atomic E-state index is 13.9. The van der Waals surface area contributed by atoms with Crippen LogP contribution in [0.5, 0.6) is 11.5 Å².